The molecule has 74 valence electrons. The number of hydrogen-bond acceptors (Lipinski definition) is 1. The monoisotopic (exact) mass is 182 g/mol. The summed E-state index contributed by atoms with van der Waals surface area (Å²) in [4.78, 5) is 11.0. The third-order valence-electron chi connectivity index (χ3n) is 2.91. The molecule has 0 spiro atoms. The molecule has 0 aromatic heterocycles. The molecule has 0 bridgehead atoms. The van der Waals surface area contributed by atoms with Crippen LogP contribution in [0, 0.1) is 11.8 Å². The van der Waals surface area contributed by atoms with E-state index in [2.05, 4.69) is 0 Å². The van der Waals surface area contributed by atoms with Gasteiger partial charge >= 0.3 is 5.97 Å². The van der Waals surface area contributed by atoms with Crippen LogP contribution >= 0.6 is 0 Å². The lowest BCUT2D eigenvalue weighted by Crippen LogP contribution is -2.20. The quantitative estimate of drug-likeness (QED) is 0.679. The Labute approximate surface area is 79.6 Å². The van der Waals surface area contributed by atoms with Crippen molar-refractivity contribution < 1.29 is 9.90 Å². The SMILES string of the molecule is C/C=C/CC(C(=O)O)C1CCCC1. The van der Waals surface area contributed by atoms with Gasteiger partial charge in [-0.1, -0.05) is 25.0 Å². The van der Waals surface area contributed by atoms with Crippen LogP contribution in [-0.2, 0) is 4.79 Å². The average Bonchev–Trinajstić information content (AvgIpc) is 2.57. The van der Waals surface area contributed by atoms with Gasteiger partial charge in [-0.05, 0) is 32.1 Å². The van der Waals surface area contributed by atoms with E-state index in [0.29, 0.717) is 12.3 Å². The minimum absolute atomic E-state index is 0.140. The predicted octanol–water partition coefficient (Wildman–Crippen LogP) is 2.84. The van der Waals surface area contributed by atoms with Crippen LogP contribution < -0.4 is 0 Å². The van der Waals surface area contributed by atoms with E-state index < -0.39 is 5.97 Å². The number of aliphatic carboxylic acids is 1. The van der Waals surface area contributed by atoms with Gasteiger partial charge in [0, 0.05) is 0 Å². The van der Waals surface area contributed by atoms with Crippen molar-refractivity contribution in [3.8, 4) is 0 Å². The van der Waals surface area contributed by atoms with Gasteiger partial charge in [-0.25, -0.2) is 0 Å². The largest absolute Gasteiger partial charge is 0.481 e. The standard InChI is InChI=1S/C11H18O2/c1-2-3-8-10(11(12)13)9-6-4-5-7-9/h2-3,9-10H,4-8H2,1H3,(H,12,13)/b3-2+. The summed E-state index contributed by atoms with van der Waals surface area (Å²) >= 11 is 0. The van der Waals surface area contributed by atoms with Crippen molar-refractivity contribution in [2.45, 2.75) is 39.0 Å². The minimum atomic E-state index is -0.620. The Morgan fingerprint density at radius 2 is 2.15 bits per heavy atom. The molecule has 0 radical (unpaired) electrons. The van der Waals surface area contributed by atoms with Gasteiger partial charge in [-0.2, -0.15) is 0 Å². The van der Waals surface area contributed by atoms with E-state index in [4.69, 9.17) is 5.11 Å². The third kappa shape index (κ3) is 2.87. The van der Waals surface area contributed by atoms with E-state index in [-0.39, 0.29) is 5.92 Å². The third-order valence-corrected chi connectivity index (χ3v) is 2.91. The number of carboxylic acid groups (broad SMARTS) is 1. The zero-order valence-corrected chi connectivity index (χ0v) is 8.20. The minimum Gasteiger partial charge on any atom is -0.481 e. The molecule has 2 heteroatoms. The summed E-state index contributed by atoms with van der Waals surface area (Å²) in [5.41, 5.74) is 0. The lowest BCUT2D eigenvalue weighted by Gasteiger charge is -2.16. The number of hydrogen-bond donors (Lipinski definition) is 1. The Morgan fingerprint density at radius 3 is 2.62 bits per heavy atom. The summed E-state index contributed by atoms with van der Waals surface area (Å²) in [6.45, 7) is 1.94. The topological polar surface area (TPSA) is 37.3 Å². The summed E-state index contributed by atoms with van der Waals surface area (Å²) in [6, 6.07) is 0. The highest BCUT2D eigenvalue weighted by atomic mass is 16.4. The summed E-state index contributed by atoms with van der Waals surface area (Å²) < 4.78 is 0. The Balaban J connectivity index is 2.50. The molecule has 1 saturated carbocycles. The Morgan fingerprint density at radius 1 is 1.54 bits per heavy atom. The lowest BCUT2D eigenvalue weighted by atomic mass is 9.88. The van der Waals surface area contributed by atoms with Gasteiger partial charge in [-0.15, -0.1) is 0 Å². The van der Waals surface area contributed by atoms with Gasteiger partial charge in [0.05, 0.1) is 5.92 Å². The molecular formula is C11H18O2. The molecule has 2 nitrogen and oxygen atoms in total. The number of carboxylic acids is 1. The van der Waals surface area contributed by atoms with Crippen molar-refractivity contribution in [3.05, 3.63) is 12.2 Å². The molecule has 0 aliphatic heterocycles. The summed E-state index contributed by atoms with van der Waals surface area (Å²) in [5.74, 6) is -0.336. The van der Waals surface area contributed by atoms with Crippen molar-refractivity contribution in [1.82, 2.24) is 0 Å². The lowest BCUT2D eigenvalue weighted by molar-refractivity contribution is -0.143. The van der Waals surface area contributed by atoms with Gasteiger partial charge < -0.3 is 5.11 Å². The molecule has 1 aliphatic carbocycles. The summed E-state index contributed by atoms with van der Waals surface area (Å²) in [7, 11) is 0. The fraction of sp³-hybridized carbons (Fsp3) is 0.727. The van der Waals surface area contributed by atoms with Crippen molar-refractivity contribution >= 4 is 5.97 Å². The van der Waals surface area contributed by atoms with Crippen molar-refractivity contribution in [2.24, 2.45) is 11.8 Å². The fourth-order valence-electron chi connectivity index (χ4n) is 2.14. The van der Waals surface area contributed by atoms with Crippen LogP contribution in [0.15, 0.2) is 12.2 Å². The van der Waals surface area contributed by atoms with Crippen LogP contribution in [0.1, 0.15) is 39.0 Å². The smallest absolute Gasteiger partial charge is 0.307 e. The maximum absolute atomic E-state index is 11.0. The molecule has 1 atom stereocenters. The maximum Gasteiger partial charge on any atom is 0.307 e. The first-order chi connectivity index (χ1) is 6.25. The number of allylic oxidation sites excluding steroid dienone is 2. The molecule has 1 aliphatic rings. The molecule has 1 N–H and O–H groups in total. The van der Waals surface area contributed by atoms with Crippen LogP contribution in [0.25, 0.3) is 0 Å². The van der Waals surface area contributed by atoms with Gasteiger partial charge in [0.2, 0.25) is 0 Å². The maximum atomic E-state index is 11.0. The molecule has 0 aromatic carbocycles. The van der Waals surface area contributed by atoms with Crippen LogP contribution in [0.5, 0.6) is 0 Å². The highest BCUT2D eigenvalue weighted by Crippen LogP contribution is 2.33. The second-order valence-corrected chi connectivity index (χ2v) is 3.79. The highest BCUT2D eigenvalue weighted by Gasteiger charge is 2.29. The zero-order chi connectivity index (χ0) is 9.68. The summed E-state index contributed by atoms with van der Waals surface area (Å²) in [6.07, 6.45) is 9.25. The van der Waals surface area contributed by atoms with Crippen molar-refractivity contribution in [1.29, 1.82) is 0 Å². The van der Waals surface area contributed by atoms with E-state index >= 15 is 0 Å². The van der Waals surface area contributed by atoms with Crippen LogP contribution in [0.4, 0.5) is 0 Å². The molecule has 0 aromatic rings. The first-order valence-corrected chi connectivity index (χ1v) is 5.09. The molecule has 13 heavy (non-hydrogen) atoms. The first kappa shape index (κ1) is 10.3. The first-order valence-electron chi connectivity index (χ1n) is 5.09. The predicted molar refractivity (Wildman–Crippen MR) is 52.5 cm³/mol. The molecule has 1 unspecified atom stereocenters. The second-order valence-electron chi connectivity index (χ2n) is 3.79. The van der Waals surface area contributed by atoms with E-state index in [1.54, 1.807) is 0 Å². The molecular weight excluding hydrogens is 164 g/mol. The molecule has 1 fully saturated rings. The molecule has 1 rings (SSSR count). The van der Waals surface area contributed by atoms with E-state index in [1.165, 1.54) is 12.8 Å². The van der Waals surface area contributed by atoms with Gasteiger partial charge in [-0.3, -0.25) is 4.79 Å². The fourth-order valence-corrected chi connectivity index (χ4v) is 2.14. The van der Waals surface area contributed by atoms with Gasteiger partial charge in [0.15, 0.2) is 0 Å². The second kappa shape index (κ2) is 5.05. The Bertz CT molecular complexity index is 190. The Hall–Kier alpha value is -0.790. The normalized spacial score (nSPS) is 21.0. The molecule has 0 heterocycles. The van der Waals surface area contributed by atoms with Crippen LogP contribution in [0.2, 0.25) is 0 Å². The molecule has 0 amide bonds. The van der Waals surface area contributed by atoms with Gasteiger partial charge in [0.25, 0.3) is 0 Å². The van der Waals surface area contributed by atoms with Crippen LogP contribution in [-0.4, -0.2) is 11.1 Å². The van der Waals surface area contributed by atoms with Crippen LogP contribution in [0.3, 0.4) is 0 Å². The van der Waals surface area contributed by atoms with E-state index in [0.717, 1.165) is 12.8 Å². The highest BCUT2D eigenvalue weighted by molar-refractivity contribution is 5.70. The average molecular weight is 182 g/mol. The Kier molecular flexibility index (Phi) is 4.00. The van der Waals surface area contributed by atoms with Crippen molar-refractivity contribution in [3.63, 3.8) is 0 Å². The van der Waals surface area contributed by atoms with E-state index in [1.807, 2.05) is 19.1 Å². The zero-order valence-electron chi connectivity index (χ0n) is 8.20. The van der Waals surface area contributed by atoms with Gasteiger partial charge in [0.1, 0.15) is 0 Å². The molecule has 0 saturated heterocycles. The summed E-state index contributed by atoms with van der Waals surface area (Å²) in [5, 5.41) is 9.03. The van der Waals surface area contributed by atoms with E-state index in [9.17, 15) is 4.79 Å². The van der Waals surface area contributed by atoms with Crippen molar-refractivity contribution in [2.75, 3.05) is 0 Å². The number of carbonyl (C=O) groups is 1. The number of rotatable bonds is 4.